The van der Waals surface area contributed by atoms with Crippen LogP contribution in [0.4, 0.5) is 0 Å². The molecule has 0 unspecified atom stereocenters. The molecule has 0 atom stereocenters. The van der Waals surface area contributed by atoms with Gasteiger partial charge in [-0.05, 0) is 19.1 Å². The molecular weight excluding hydrogens is 192 g/mol. The molecule has 0 aliphatic carbocycles. The maximum Gasteiger partial charge on any atom is 0.256 e. The molecule has 0 radical (unpaired) electrons. The van der Waals surface area contributed by atoms with Crippen LogP contribution in [0.2, 0.25) is 0 Å². The van der Waals surface area contributed by atoms with E-state index in [0.29, 0.717) is 6.61 Å². The lowest BCUT2D eigenvalue weighted by atomic mass is 10.2. The largest absolute Gasteiger partial charge is 0.493 e. The summed E-state index contributed by atoms with van der Waals surface area (Å²) in [5, 5.41) is 6.27. The van der Waals surface area contributed by atoms with Gasteiger partial charge in [-0.25, -0.2) is 0 Å². The minimum atomic E-state index is -0.0138. The summed E-state index contributed by atoms with van der Waals surface area (Å²) in [5.41, 5.74) is 11.2. The van der Waals surface area contributed by atoms with Gasteiger partial charge in [0.05, 0.1) is 12.2 Å². The standard InChI is InChI=1S/C10H14N4O/c1-2-15-9-6-4-3-5-8(9)7-13-14-10(11)12/h3-7H,2H2,1H3,(H4,11,12,14)/p+1/b13-7-. The number of para-hydroxylation sites is 1. The summed E-state index contributed by atoms with van der Waals surface area (Å²) in [6, 6.07) is 7.60. The Morgan fingerprint density at radius 1 is 1.47 bits per heavy atom. The third-order valence-corrected chi connectivity index (χ3v) is 1.63. The van der Waals surface area contributed by atoms with Crippen LogP contribution in [0, 0.1) is 0 Å². The van der Waals surface area contributed by atoms with Gasteiger partial charge in [0.1, 0.15) is 5.75 Å². The predicted molar refractivity (Wildman–Crippen MR) is 59.5 cm³/mol. The molecule has 0 fully saturated rings. The quantitative estimate of drug-likeness (QED) is 0.328. The molecule has 0 saturated carbocycles. The Balaban J connectivity index is 2.84. The first-order chi connectivity index (χ1) is 7.24. The molecule has 0 bridgehead atoms. The first kappa shape index (κ1) is 11.0. The van der Waals surface area contributed by atoms with Gasteiger partial charge in [0.2, 0.25) is 6.21 Å². The zero-order valence-electron chi connectivity index (χ0n) is 8.60. The van der Waals surface area contributed by atoms with Crippen molar-refractivity contribution in [3.8, 4) is 5.75 Å². The van der Waals surface area contributed by atoms with Gasteiger partial charge in [0, 0.05) is 5.10 Å². The van der Waals surface area contributed by atoms with Gasteiger partial charge in [0.15, 0.2) is 0 Å². The van der Waals surface area contributed by atoms with Crippen LogP contribution in [0.5, 0.6) is 5.75 Å². The number of rotatable bonds is 4. The maximum atomic E-state index is 5.41. The lowest BCUT2D eigenvalue weighted by Gasteiger charge is -2.03. The zero-order valence-corrected chi connectivity index (χ0v) is 8.60. The topological polar surface area (TPSA) is 87.6 Å². The predicted octanol–water partition coefficient (Wildman–Crippen LogP) is -1.23. The molecule has 1 rings (SSSR count). The molecular formula is C10H15N4O+. The number of nitrogens with one attached hydrogen (secondary N) is 1. The summed E-state index contributed by atoms with van der Waals surface area (Å²) in [4.78, 5) is 0. The molecule has 1 aromatic carbocycles. The number of hydrogen-bond acceptors (Lipinski definition) is 2. The van der Waals surface area contributed by atoms with Crippen LogP contribution in [0.1, 0.15) is 12.5 Å². The molecule has 5 nitrogen and oxygen atoms in total. The Kier molecular flexibility index (Phi) is 4.15. The summed E-state index contributed by atoms with van der Waals surface area (Å²) < 4.78 is 5.41. The van der Waals surface area contributed by atoms with E-state index in [1.165, 1.54) is 0 Å². The van der Waals surface area contributed by atoms with E-state index < -0.39 is 0 Å². The third kappa shape index (κ3) is 3.68. The summed E-state index contributed by atoms with van der Waals surface area (Å²) in [7, 11) is 0. The second-order valence-electron chi connectivity index (χ2n) is 2.78. The van der Waals surface area contributed by atoms with Crippen LogP contribution in [-0.2, 0) is 0 Å². The molecule has 0 spiro atoms. The highest BCUT2D eigenvalue weighted by molar-refractivity contribution is 5.80. The van der Waals surface area contributed by atoms with E-state index in [2.05, 4.69) is 10.2 Å². The number of guanidine groups is 1. The summed E-state index contributed by atoms with van der Waals surface area (Å²) in [5.74, 6) is 0.776. The van der Waals surface area contributed by atoms with Crippen molar-refractivity contribution < 1.29 is 9.84 Å². The number of nitrogens with zero attached hydrogens (tertiary/aromatic N) is 1. The van der Waals surface area contributed by atoms with Crippen molar-refractivity contribution >= 4 is 12.2 Å². The van der Waals surface area contributed by atoms with Crippen molar-refractivity contribution in [1.29, 1.82) is 0 Å². The molecule has 1 aromatic rings. The maximum absolute atomic E-state index is 5.41. The fraction of sp³-hybridized carbons (Fsp3) is 0.200. The Labute approximate surface area is 88.4 Å². The van der Waals surface area contributed by atoms with Gasteiger partial charge in [-0.2, -0.15) is 0 Å². The number of ether oxygens (including phenoxy) is 1. The Morgan fingerprint density at radius 3 is 2.87 bits per heavy atom. The van der Waals surface area contributed by atoms with E-state index in [-0.39, 0.29) is 5.96 Å². The lowest BCUT2D eigenvalue weighted by molar-refractivity contribution is -0.456. The fourth-order valence-corrected chi connectivity index (χ4v) is 1.06. The van der Waals surface area contributed by atoms with Crippen LogP contribution in [0.25, 0.3) is 0 Å². The van der Waals surface area contributed by atoms with Crippen LogP contribution >= 0.6 is 0 Å². The van der Waals surface area contributed by atoms with Gasteiger partial charge >= 0.3 is 0 Å². The molecule has 5 N–H and O–H groups in total. The molecule has 80 valence electrons. The van der Waals surface area contributed by atoms with Crippen LogP contribution < -0.4 is 21.3 Å². The molecule has 0 amide bonds. The van der Waals surface area contributed by atoms with Crippen LogP contribution in [0.15, 0.2) is 29.4 Å². The van der Waals surface area contributed by atoms with Crippen molar-refractivity contribution in [3.05, 3.63) is 29.8 Å². The van der Waals surface area contributed by atoms with Gasteiger partial charge in [-0.15, -0.1) is 5.10 Å². The Morgan fingerprint density at radius 2 is 2.20 bits per heavy atom. The molecule has 0 aliphatic rings. The zero-order chi connectivity index (χ0) is 11.1. The molecule has 0 aromatic heterocycles. The van der Waals surface area contributed by atoms with Crippen molar-refractivity contribution in [3.63, 3.8) is 0 Å². The first-order valence-electron chi connectivity index (χ1n) is 4.63. The summed E-state index contributed by atoms with van der Waals surface area (Å²) >= 11 is 0. The summed E-state index contributed by atoms with van der Waals surface area (Å²) in [6.45, 7) is 2.55. The minimum absolute atomic E-state index is 0.0138. The Hall–Kier alpha value is -2.04. The van der Waals surface area contributed by atoms with Gasteiger partial charge in [-0.1, -0.05) is 12.1 Å². The van der Waals surface area contributed by atoms with E-state index in [4.69, 9.17) is 16.2 Å². The van der Waals surface area contributed by atoms with Gasteiger partial charge in [0.25, 0.3) is 5.96 Å². The second kappa shape index (κ2) is 5.64. The van der Waals surface area contributed by atoms with Crippen LogP contribution in [0.3, 0.4) is 0 Å². The molecule has 15 heavy (non-hydrogen) atoms. The number of hydrazone groups is 1. The van der Waals surface area contributed by atoms with E-state index in [1.807, 2.05) is 31.2 Å². The average Bonchev–Trinajstić information content (AvgIpc) is 2.20. The normalized spacial score (nSPS) is 10.2. The van der Waals surface area contributed by atoms with E-state index in [1.54, 1.807) is 6.21 Å². The van der Waals surface area contributed by atoms with Gasteiger partial charge in [-0.3, -0.25) is 0 Å². The highest BCUT2D eigenvalue weighted by atomic mass is 16.5. The number of hydrogen-bond donors (Lipinski definition) is 3. The Bertz CT molecular complexity index is 369. The third-order valence-electron chi connectivity index (χ3n) is 1.63. The smallest absolute Gasteiger partial charge is 0.256 e. The second-order valence-corrected chi connectivity index (χ2v) is 2.78. The highest BCUT2D eigenvalue weighted by Gasteiger charge is 2.01. The van der Waals surface area contributed by atoms with Crippen molar-refractivity contribution in [1.82, 2.24) is 0 Å². The average molecular weight is 207 g/mol. The minimum Gasteiger partial charge on any atom is -0.493 e. The van der Waals surface area contributed by atoms with E-state index in [9.17, 15) is 0 Å². The van der Waals surface area contributed by atoms with Crippen LogP contribution in [-0.4, -0.2) is 18.8 Å². The SMILES string of the molecule is CCOc1ccccc1/C=[NH+]\N=C(N)N. The first-order valence-corrected chi connectivity index (χ1v) is 4.63. The molecule has 0 saturated heterocycles. The van der Waals surface area contributed by atoms with E-state index in [0.717, 1.165) is 11.3 Å². The van der Waals surface area contributed by atoms with Crippen molar-refractivity contribution in [2.24, 2.45) is 16.6 Å². The van der Waals surface area contributed by atoms with Gasteiger partial charge < -0.3 is 16.2 Å². The molecule has 0 heterocycles. The molecule has 5 heteroatoms. The fourth-order valence-electron chi connectivity index (χ4n) is 1.06. The van der Waals surface area contributed by atoms with Crippen molar-refractivity contribution in [2.45, 2.75) is 6.92 Å². The lowest BCUT2D eigenvalue weighted by Crippen LogP contribution is -2.63. The van der Waals surface area contributed by atoms with Crippen molar-refractivity contribution in [2.75, 3.05) is 6.61 Å². The van der Waals surface area contributed by atoms with E-state index >= 15 is 0 Å². The monoisotopic (exact) mass is 207 g/mol. The number of nitrogens with two attached hydrogens (primary N) is 2. The highest BCUT2D eigenvalue weighted by Crippen LogP contribution is 2.14. The summed E-state index contributed by atoms with van der Waals surface area (Å²) in [6.07, 6.45) is 1.67. The number of benzene rings is 1. The molecule has 0 aliphatic heterocycles.